The van der Waals surface area contributed by atoms with Crippen LogP contribution in [0, 0.1) is 0 Å². The molecule has 0 aliphatic carbocycles. The molecule has 1 N–H and O–H groups in total. The molecule has 2 aromatic rings. The van der Waals surface area contributed by atoms with Crippen molar-refractivity contribution < 1.29 is 23.1 Å². The van der Waals surface area contributed by atoms with Crippen LogP contribution in [-0.4, -0.2) is 22.1 Å². The maximum Gasteiger partial charge on any atom is 0.418 e. The Morgan fingerprint density at radius 3 is 2.41 bits per heavy atom. The summed E-state index contributed by atoms with van der Waals surface area (Å²) in [5, 5.41) is 10.4. The Morgan fingerprint density at radius 2 is 1.81 bits per heavy atom. The fourth-order valence-corrected chi connectivity index (χ4v) is 3.89. The molecule has 3 rings (SSSR count). The van der Waals surface area contributed by atoms with Gasteiger partial charge in [-0.1, -0.05) is 47.5 Å². The summed E-state index contributed by atoms with van der Waals surface area (Å²) in [6, 6.07) is 8.85. The van der Waals surface area contributed by atoms with Gasteiger partial charge in [-0.05, 0) is 41.3 Å². The van der Waals surface area contributed by atoms with Crippen molar-refractivity contribution in [3.63, 3.8) is 0 Å². The number of fused-ring (bicyclic) bond motifs is 1. The molecule has 0 bridgehead atoms. The summed E-state index contributed by atoms with van der Waals surface area (Å²) < 4.78 is 38.9. The number of amides is 1. The van der Waals surface area contributed by atoms with Crippen molar-refractivity contribution in [1.82, 2.24) is 4.90 Å². The standard InChI is InChI=1S/C19H16Cl2F3NO2/c1-10-11-4-2-5-12(18(27)19(22,23)24)14(11)9-25(10)17(26)8-13-15(20)6-3-7-16(13)21/h2-7,10,18,27H,8-9H2,1H3/t10-,18?/m0/s1. The van der Waals surface area contributed by atoms with Crippen LogP contribution in [0.15, 0.2) is 36.4 Å². The number of aliphatic hydroxyl groups excluding tert-OH is 1. The van der Waals surface area contributed by atoms with Gasteiger partial charge in [-0.2, -0.15) is 13.2 Å². The minimum absolute atomic E-state index is 0.0132. The third-order valence-electron chi connectivity index (χ3n) is 4.81. The molecule has 2 aromatic carbocycles. The number of alkyl halides is 3. The SMILES string of the molecule is C[C@H]1c2cccc(C(O)C(F)(F)F)c2CN1C(=O)Cc1c(Cl)cccc1Cl. The van der Waals surface area contributed by atoms with Crippen LogP contribution in [-0.2, 0) is 17.8 Å². The van der Waals surface area contributed by atoms with E-state index in [1.165, 1.54) is 17.0 Å². The van der Waals surface area contributed by atoms with Crippen molar-refractivity contribution >= 4 is 29.1 Å². The maximum absolute atomic E-state index is 13.0. The minimum Gasteiger partial charge on any atom is -0.379 e. The molecule has 0 radical (unpaired) electrons. The number of carbonyl (C=O) groups excluding carboxylic acids is 1. The molecule has 0 saturated heterocycles. The van der Waals surface area contributed by atoms with E-state index in [1.54, 1.807) is 31.2 Å². The van der Waals surface area contributed by atoms with Crippen molar-refractivity contribution in [2.75, 3.05) is 0 Å². The van der Waals surface area contributed by atoms with Gasteiger partial charge in [0.15, 0.2) is 6.10 Å². The third-order valence-corrected chi connectivity index (χ3v) is 5.52. The van der Waals surface area contributed by atoms with E-state index in [0.29, 0.717) is 26.7 Å². The van der Waals surface area contributed by atoms with E-state index in [9.17, 15) is 23.1 Å². The summed E-state index contributed by atoms with van der Waals surface area (Å²) in [7, 11) is 0. The highest BCUT2D eigenvalue weighted by Gasteiger charge is 2.43. The zero-order valence-corrected chi connectivity index (χ0v) is 15.7. The molecule has 1 aliphatic heterocycles. The number of hydrogen-bond donors (Lipinski definition) is 1. The molecule has 2 atom stereocenters. The van der Waals surface area contributed by atoms with Gasteiger partial charge in [-0.25, -0.2) is 0 Å². The van der Waals surface area contributed by atoms with Crippen LogP contribution in [0.2, 0.25) is 10.0 Å². The Morgan fingerprint density at radius 1 is 1.22 bits per heavy atom. The van der Waals surface area contributed by atoms with Crippen LogP contribution in [0.1, 0.15) is 41.3 Å². The van der Waals surface area contributed by atoms with Gasteiger partial charge in [-0.15, -0.1) is 0 Å². The highest BCUT2D eigenvalue weighted by atomic mass is 35.5. The van der Waals surface area contributed by atoms with Crippen molar-refractivity contribution in [2.45, 2.75) is 38.2 Å². The van der Waals surface area contributed by atoms with E-state index in [-0.39, 0.29) is 24.4 Å². The Kier molecular flexibility index (Phi) is 5.43. The molecule has 3 nitrogen and oxygen atoms in total. The van der Waals surface area contributed by atoms with Crippen LogP contribution in [0.4, 0.5) is 13.2 Å². The molecular formula is C19H16Cl2F3NO2. The van der Waals surface area contributed by atoms with Gasteiger partial charge in [0.05, 0.1) is 12.5 Å². The first kappa shape index (κ1) is 20.0. The summed E-state index contributed by atoms with van der Waals surface area (Å²) >= 11 is 12.2. The van der Waals surface area contributed by atoms with E-state index >= 15 is 0 Å². The van der Waals surface area contributed by atoms with E-state index in [0.717, 1.165) is 0 Å². The number of rotatable bonds is 3. The Balaban J connectivity index is 1.89. The molecule has 1 heterocycles. The summed E-state index contributed by atoms with van der Waals surface area (Å²) in [4.78, 5) is 14.3. The second-order valence-electron chi connectivity index (χ2n) is 6.43. The summed E-state index contributed by atoms with van der Waals surface area (Å²) in [6.45, 7) is 1.72. The molecule has 1 unspecified atom stereocenters. The fourth-order valence-electron chi connectivity index (χ4n) is 3.36. The minimum atomic E-state index is -4.78. The van der Waals surface area contributed by atoms with Gasteiger partial charge < -0.3 is 10.0 Å². The Hall–Kier alpha value is -1.76. The Labute approximate surface area is 164 Å². The Bertz CT molecular complexity index is 865. The summed E-state index contributed by atoms with van der Waals surface area (Å²) in [5.41, 5.74) is 1.17. The van der Waals surface area contributed by atoms with Gasteiger partial charge in [0.25, 0.3) is 0 Å². The van der Waals surface area contributed by atoms with Crippen LogP contribution >= 0.6 is 23.2 Å². The third kappa shape index (κ3) is 3.79. The van der Waals surface area contributed by atoms with Crippen LogP contribution in [0.25, 0.3) is 0 Å². The number of benzene rings is 2. The first-order valence-electron chi connectivity index (χ1n) is 8.20. The zero-order chi connectivity index (χ0) is 19.9. The number of nitrogens with zero attached hydrogens (tertiary/aromatic N) is 1. The van der Waals surface area contributed by atoms with Crippen LogP contribution in [0.5, 0.6) is 0 Å². The monoisotopic (exact) mass is 417 g/mol. The molecular weight excluding hydrogens is 402 g/mol. The van der Waals surface area contributed by atoms with Gasteiger partial charge >= 0.3 is 6.18 Å². The second-order valence-corrected chi connectivity index (χ2v) is 7.25. The predicted octanol–water partition coefficient (Wildman–Crippen LogP) is 5.24. The van der Waals surface area contributed by atoms with Gasteiger partial charge in [0.1, 0.15) is 0 Å². The van der Waals surface area contributed by atoms with Crippen molar-refractivity contribution in [2.24, 2.45) is 0 Å². The number of aliphatic hydroxyl groups is 1. The zero-order valence-electron chi connectivity index (χ0n) is 14.2. The van der Waals surface area contributed by atoms with Crippen molar-refractivity contribution in [3.8, 4) is 0 Å². The first-order chi connectivity index (χ1) is 12.6. The molecule has 1 amide bonds. The van der Waals surface area contributed by atoms with E-state index < -0.39 is 18.3 Å². The first-order valence-corrected chi connectivity index (χ1v) is 8.95. The predicted molar refractivity (Wildman–Crippen MR) is 96.6 cm³/mol. The lowest BCUT2D eigenvalue weighted by atomic mass is 9.97. The molecule has 0 spiro atoms. The quantitative estimate of drug-likeness (QED) is 0.741. The number of hydrogen-bond acceptors (Lipinski definition) is 2. The summed E-state index contributed by atoms with van der Waals surface area (Å²) in [5.74, 6) is -0.304. The average molecular weight is 418 g/mol. The molecule has 27 heavy (non-hydrogen) atoms. The lowest BCUT2D eigenvalue weighted by molar-refractivity contribution is -0.207. The molecule has 144 valence electrons. The number of halogens is 5. The van der Waals surface area contributed by atoms with Gasteiger partial charge in [0, 0.05) is 16.6 Å². The van der Waals surface area contributed by atoms with E-state index in [1.807, 2.05) is 0 Å². The molecule has 0 saturated carbocycles. The molecule has 0 fully saturated rings. The van der Waals surface area contributed by atoms with E-state index in [2.05, 4.69) is 0 Å². The smallest absolute Gasteiger partial charge is 0.379 e. The molecule has 1 aliphatic rings. The number of carbonyl (C=O) groups is 1. The molecule has 0 aromatic heterocycles. The topological polar surface area (TPSA) is 40.5 Å². The van der Waals surface area contributed by atoms with Gasteiger partial charge in [0.2, 0.25) is 5.91 Å². The fraction of sp³-hybridized carbons (Fsp3) is 0.316. The lowest BCUT2D eigenvalue weighted by Crippen LogP contribution is -2.30. The molecule has 8 heteroatoms. The van der Waals surface area contributed by atoms with Crippen LogP contribution < -0.4 is 0 Å². The highest BCUT2D eigenvalue weighted by Crippen LogP contribution is 2.41. The van der Waals surface area contributed by atoms with Crippen molar-refractivity contribution in [1.29, 1.82) is 0 Å². The van der Waals surface area contributed by atoms with Gasteiger partial charge in [-0.3, -0.25) is 4.79 Å². The maximum atomic E-state index is 13.0. The second kappa shape index (κ2) is 7.34. The van der Waals surface area contributed by atoms with E-state index in [4.69, 9.17) is 23.2 Å². The normalized spacial score (nSPS) is 17.7. The van der Waals surface area contributed by atoms with Crippen LogP contribution in [0.3, 0.4) is 0 Å². The summed E-state index contributed by atoms with van der Waals surface area (Å²) in [6.07, 6.45) is -7.43. The largest absolute Gasteiger partial charge is 0.418 e. The lowest BCUT2D eigenvalue weighted by Gasteiger charge is -2.22. The average Bonchev–Trinajstić information content (AvgIpc) is 2.94. The highest BCUT2D eigenvalue weighted by molar-refractivity contribution is 6.36. The van der Waals surface area contributed by atoms with Crippen molar-refractivity contribution in [3.05, 3.63) is 68.7 Å².